The number of carbonyl (C=O) groups is 4. The van der Waals surface area contributed by atoms with Crippen molar-refractivity contribution in [2.24, 2.45) is 0 Å². The molecular weight excluding hydrogens is 1650 g/mol. The molecule has 0 spiro atoms. The number of aliphatic carboxylic acids is 1. The fourth-order valence-corrected chi connectivity index (χ4v) is 17.2. The molecule has 6 aliphatic rings. The minimum atomic E-state index is -3.30. The number of aliphatic hydroxyl groups excluding tert-OH is 18. The quantitative estimate of drug-likeness (QED) is 0.0297. The van der Waals surface area contributed by atoms with Crippen molar-refractivity contribution in [1.29, 1.82) is 0 Å². The lowest BCUT2D eigenvalue weighted by Gasteiger charge is -2.52. The van der Waals surface area contributed by atoms with Crippen LogP contribution in [0.4, 0.5) is 0 Å². The first-order valence-electron chi connectivity index (χ1n) is 46.5. The molecule has 0 aromatic rings. The molecule has 38 heteroatoms. The van der Waals surface area contributed by atoms with Crippen LogP contribution in [0, 0.1) is 0 Å². The monoisotopic (exact) mass is 1800 g/mol. The molecule has 125 heavy (non-hydrogen) atoms. The Hall–Kier alpha value is -3.58. The van der Waals surface area contributed by atoms with Gasteiger partial charge in [0.2, 0.25) is 17.7 Å². The van der Waals surface area contributed by atoms with E-state index in [1.807, 2.05) is 6.08 Å². The predicted molar refractivity (Wildman–Crippen MR) is 447 cm³/mol. The second-order valence-corrected chi connectivity index (χ2v) is 34.9. The van der Waals surface area contributed by atoms with Gasteiger partial charge in [0, 0.05) is 26.7 Å². The van der Waals surface area contributed by atoms with E-state index in [0.717, 1.165) is 65.2 Å². The van der Waals surface area contributed by atoms with E-state index in [1.54, 1.807) is 6.08 Å². The number of amides is 3. The molecule has 38 nitrogen and oxygen atoms in total. The van der Waals surface area contributed by atoms with Gasteiger partial charge in [0.15, 0.2) is 31.5 Å². The molecular formula is C87H157N3O35. The zero-order valence-electron chi connectivity index (χ0n) is 74.1. The van der Waals surface area contributed by atoms with Crippen LogP contribution in [0.25, 0.3) is 0 Å². The molecule has 0 aliphatic carbocycles. The molecule has 730 valence electrons. The number of carbonyl (C=O) groups excluding carboxylic acids is 3. The fraction of sp³-hybridized carbons (Fsp3) is 0.931. The van der Waals surface area contributed by atoms with E-state index in [1.165, 1.54) is 167 Å². The maximum Gasteiger partial charge on any atom is 0.364 e. The van der Waals surface area contributed by atoms with E-state index in [4.69, 9.17) is 56.8 Å². The average molecular weight is 1810 g/mol. The van der Waals surface area contributed by atoms with Gasteiger partial charge in [0.05, 0.1) is 70.0 Å². The highest BCUT2D eigenvalue weighted by atomic mass is 16.8. The summed E-state index contributed by atoms with van der Waals surface area (Å²) in [4.78, 5) is 53.0. The van der Waals surface area contributed by atoms with Crippen molar-refractivity contribution in [3.8, 4) is 0 Å². The van der Waals surface area contributed by atoms with Gasteiger partial charge in [-0.3, -0.25) is 14.4 Å². The number of nitrogens with one attached hydrogen (secondary N) is 3. The zero-order valence-corrected chi connectivity index (χ0v) is 74.1. The van der Waals surface area contributed by atoms with Gasteiger partial charge in [-0.05, 0) is 26.2 Å². The summed E-state index contributed by atoms with van der Waals surface area (Å²) in [5, 5.41) is 222. The minimum Gasteiger partial charge on any atom is -0.477 e. The van der Waals surface area contributed by atoms with Crippen molar-refractivity contribution in [3.63, 3.8) is 0 Å². The van der Waals surface area contributed by atoms with Gasteiger partial charge in [-0.2, -0.15) is 0 Å². The van der Waals surface area contributed by atoms with Gasteiger partial charge in [0.1, 0.15) is 134 Å². The summed E-state index contributed by atoms with van der Waals surface area (Å²) in [5.41, 5.74) is 0. The molecule has 6 aliphatic heterocycles. The van der Waals surface area contributed by atoms with Gasteiger partial charge in [-0.25, -0.2) is 4.79 Å². The third kappa shape index (κ3) is 34.8. The number of carboxylic acids is 1. The van der Waals surface area contributed by atoms with E-state index in [9.17, 15) is 116 Å². The second-order valence-electron chi connectivity index (χ2n) is 34.9. The molecule has 0 saturated carbocycles. The molecule has 6 saturated heterocycles. The fourth-order valence-electron chi connectivity index (χ4n) is 17.2. The topological polar surface area (TPSA) is 600 Å². The van der Waals surface area contributed by atoms with E-state index in [2.05, 4.69) is 29.8 Å². The lowest BCUT2D eigenvalue weighted by atomic mass is 9.88. The Morgan fingerprint density at radius 2 is 0.832 bits per heavy atom. The lowest BCUT2D eigenvalue weighted by molar-refractivity contribution is -0.399. The predicted octanol–water partition coefficient (Wildman–Crippen LogP) is 0.930. The Morgan fingerprint density at radius 3 is 1.30 bits per heavy atom. The van der Waals surface area contributed by atoms with Crippen LogP contribution in [0.15, 0.2) is 12.2 Å². The van der Waals surface area contributed by atoms with Crippen molar-refractivity contribution in [2.75, 3.05) is 39.6 Å². The molecule has 0 radical (unpaired) electrons. The standard InChI is InChI=1S/C87H157N3O35/c1-6-8-10-12-14-16-18-20-21-22-23-24-25-26-27-28-29-31-33-35-37-39-41-43-62(101)90-54(55(98)42-40-38-36-34-32-30-19-17-15-13-11-9-7-2)50-114-82-72(109)70(107)75(60(48-94)119-82)120-84-73(110)79(67(104)58(46-92)116-84)123-81-64(89-53(5)97)78(76(61(49-95)118-81)121-83-71(108)69(106)65(102)51(3)115-83)122-85-74(111)80(68(105)59(47-93)117-85)125-87(86(112)113)44-56(99)63(88-52(4)96)77(124-87)66(103)57(100)45-91/h40,42,51,54-61,63-85,91-95,98-100,102-111H,6-39,41,43-50H2,1-5H3,(H,88,96)(H,89,97)(H,90,101)(H,112,113)/b42-40+/t51?,54-,55+,56?,57+,58?,59?,60?,61?,63+,64?,65+,66+,67-,68-,69?,70+,71-,72?,73?,74?,75+,76+,77?,78+,79-,80-,81-,82+,83+,84-,85-,87-/m0/s1. The highest BCUT2D eigenvalue weighted by molar-refractivity contribution is 5.77. The minimum absolute atomic E-state index is 0.149. The van der Waals surface area contributed by atoms with Crippen molar-refractivity contribution in [2.45, 2.75) is 474 Å². The Morgan fingerprint density at radius 1 is 0.432 bits per heavy atom. The summed E-state index contributed by atoms with van der Waals surface area (Å²) in [6.45, 7) is 1.51. The van der Waals surface area contributed by atoms with Crippen LogP contribution >= 0.6 is 0 Å². The van der Waals surface area contributed by atoms with Crippen LogP contribution in [0.5, 0.6) is 0 Å². The third-order valence-corrected chi connectivity index (χ3v) is 24.7. The number of unbranched alkanes of at least 4 members (excludes halogenated alkanes) is 33. The number of aliphatic hydroxyl groups is 18. The molecule has 6 fully saturated rings. The highest BCUT2D eigenvalue weighted by Gasteiger charge is 2.62. The average Bonchev–Trinajstić information content (AvgIpc) is 0.752. The molecule has 12 unspecified atom stereocenters. The molecule has 33 atom stereocenters. The summed E-state index contributed by atoms with van der Waals surface area (Å²) >= 11 is 0. The lowest BCUT2D eigenvalue weighted by Crippen LogP contribution is -2.72. The van der Waals surface area contributed by atoms with Crippen molar-refractivity contribution in [1.82, 2.24) is 16.0 Å². The number of ether oxygens (including phenoxy) is 12. The summed E-state index contributed by atoms with van der Waals surface area (Å²) in [6.07, 6.45) is -15.4. The van der Waals surface area contributed by atoms with E-state index in [-0.39, 0.29) is 12.3 Å². The molecule has 22 N–H and O–H groups in total. The largest absolute Gasteiger partial charge is 0.477 e. The van der Waals surface area contributed by atoms with Crippen LogP contribution in [0.1, 0.15) is 272 Å². The van der Waals surface area contributed by atoms with Crippen LogP contribution in [-0.2, 0) is 76.0 Å². The Labute approximate surface area is 735 Å². The maximum atomic E-state index is 13.7. The summed E-state index contributed by atoms with van der Waals surface area (Å²) in [6, 6.07) is -4.88. The van der Waals surface area contributed by atoms with Crippen LogP contribution in [0.3, 0.4) is 0 Å². The Bertz CT molecular complexity index is 2960. The van der Waals surface area contributed by atoms with Gasteiger partial charge in [0.25, 0.3) is 5.79 Å². The number of allylic oxidation sites excluding steroid dienone is 1. The normalized spacial score (nSPS) is 35.1. The van der Waals surface area contributed by atoms with Gasteiger partial charge >= 0.3 is 5.97 Å². The molecule has 0 bridgehead atoms. The van der Waals surface area contributed by atoms with E-state index < -0.39 is 266 Å². The number of hydrogen-bond acceptors (Lipinski definition) is 34. The highest BCUT2D eigenvalue weighted by Crippen LogP contribution is 2.41. The van der Waals surface area contributed by atoms with Crippen LogP contribution < -0.4 is 16.0 Å². The molecule has 0 aromatic carbocycles. The van der Waals surface area contributed by atoms with E-state index >= 15 is 0 Å². The first-order chi connectivity index (χ1) is 60.0. The summed E-state index contributed by atoms with van der Waals surface area (Å²) < 4.78 is 72.4. The number of rotatable bonds is 62. The molecule has 6 heterocycles. The third-order valence-electron chi connectivity index (χ3n) is 24.7. The van der Waals surface area contributed by atoms with Crippen LogP contribution in [0.2, 0.25) is 0 Å². The maximum absolute atomic E-state index is 13.7. The van der Waals surface area contributed by atoms with Crippen molar-refractivity contribution < 1.29 is 173 Å². The SMILES string of the molecule is CCCCCCCCCCCCC/C=C/[C@@H](O)[C@H](CO[C@@H]1OC(CO)[C@@H](O[C@@H]2OC(CO)[C@H](O)[C@H](O[C@@H]3OC(CO)[C@@H](O[C@H]4OC(C)[C@@H](O)C(O)[C@@H]4O)[C@H](O[C@@H]4OC(CO)[C@H](O)[C@H](O[C@]5(C(=O)O)CC(O)[C@@H](NC(C)=O)C([C@H](O)[C@H](O)CO)O5)C4O)C3NC(C)=O)C2O)[C@H](O)C1O)NC(=O)CCCCCCCCCCCCCCCCCCCCCCCCC. The summed E-state index contributed by atoms with van der Waals surface area (Å²) in [7, 11) is 0. The number of carboxylic acid groups (broad SMARTS) is 1. The van der Waals surface area contributed by atoms with Crippen LogP contribution in [-0.4, -0.2) is 362 Å². The molecule has 6 rings (SSSR count). The smallest absolute Gasteiger partial charge is 0.364 e. The number of hydrogen-bond donors (Lipinski definition) is 22. The second kappa shape index (κ2) is 59.1. The first-order valence-corrected chi connectivity index (χ1v) is 46.5. The van der Waals surface area contributed by atoms with Crippen molar-refractivity contribution >= 4 is 23.7 Å². The summed E-state index contributed by atoms with van der Waals surface area (Å²) in [5.74, 6) is -7.64. The van der Waals surface area contributed by atoms with Gasteiger partial charge < -0.3 is 170 Å². The van der Waals surface area contributed by atoms with Gasteiger partial charge in [-0.15, -0.1) is 0 Å². The Kier molecular flexibility index (Phi) is 52.1. The molecule has 0 aromatic heterocycles. The van der Waals surface area contributed by atoms with Crippen molar-refractivity contribution in [3.05, 3.63) is 12.2 Å². The zero-order chi connectivity index (χ0) is 91.7. The Balaban J connectivity index is 1.15. The van der Waals surface area contributed by atoms with E-state index in [0.29, 0.717) is 12.8 Å². The molecule has 3 amide bonds. The van der Waals surface area contributed by atoms with Gasteiger partial charge in [-0.1, -0.05) is 231 Å². The first kappa shape index (κ1) is 110.